The van der Waals surface area contributed by atoms with Crippen molar-refractivity contribution in [3.63, 3.8) is 0 Å². The maximum absolute atomic E-state index is 13.6. The monoisotopic (exact) mass is 319 g/mol. The molecule has 0 saturated carbocycles. The molecule has 0 amide bonds. The first-order valence-electron chi connectivity index (χ1n) is 6.95. The minimum absolute atomic E-state index is 0.172. The largest absolute Gasteiger partial charge is 0.279 e. The SMILES string of the molecule is Cc1[nH]nc(Cl)c1-n1cc(C(C)C)c2ccc(F)cc2c1=O. The summed E-state index contributed by atoms with van der Waals surface area (Å²) in [7, 11) is 0. The number of nitrogens with zero attached hydrogens (tertiary/aromatic N) is 2. The summed E-state index contributed by atoms with van der Waals surface area (Å²) in [5.74, 6) is -0.266. The van der Waals surface area contributed by atoms with Crippen LogP contribution in [0.5, 0.6) is 0 Å². The van der Waals surface area contributed by atoms with E-state index < -0.39 is 5.82 Å². The second-order valence-corrected chi connectivity index (χ2v) is 5.95. The van der Waals surface area contributed by atoms with Crippen LogP contribution in [0.25, 0.3) is 16.5 Å². The lowest BCUT2D eigenvalue weighted by atomic mass is 9.98. The van der Waals surface area contributed by atoms with Crippen LogP contribution >= 0.6 is 11.6 Å². The van der Waals surface area contributed by atoms with E-state index in [1.807, 2.05) is 13.8 Å². The van der Waals surface area contributed by atoms with E-state index in [0.717, 1.165) is 10.9 Å². The molecule has 0 aliphatic carbocycles. The molecule has 1 N–H and O–H groups in total. The van der Waals surface area contributed by atoms with Crippen molar-refractivity contribution in [1.82, 2.24) is 14.8 Å². The zero-order valence-electron chi connectivity index (χ0n) is 12.4. The van der Waals surface area contributed by atoms with Crippen LogP contribution in [-0.4, -0.2) is 14.8 Å². The van der Waals surface area contributed by atoms with Gasteiger partial charge in [-0.25, -0.2) is 4.39 Å². The fourth-order valence-corrected chi connectivity index (χ4v) is 2.92. The van der Waals surface area contributed by atoms with Crippen molar-refractivity contribution in [2.24, 2.45) is 0 Å². The predicted octanol–water partition coefficient (Wildman–Crippen LogP) is 3.94. The zero-order chi connectivity index (χ0) is 16.0. The number of H-pyrrole nitrogens is 1. The Morgan fingerprint density at radius 3 is 2.64 bits per heavy atom. The highest BCUT2D eigenvalue weighted by molar-refractivity contribution is 6.31. The van der Waals surface area contributed by atoms with Crippen molar-refractivity contribution in [3.05, 3.63) is 57.0 Å². The van der Waals surface area contributed by atoms with Crippen LogP contribution in [0.3, 0.4) is 0 Å². The van der Waals surface area contributed by atoms with E-state index in [4.69, 9.17) is 11.6 Å². The van der Waals surface area contributed by atoms with Gasteiger partial charge in [0.15, 0.2) is 5.15 Å². The van der Waals surface area contributed by atoms with Gasteiger partial charge < -0.3 is 0 Å². The lowest BCUT2D eigenvalue weighted by Gasteiger charge is -2.14. The number of halogens is 2. The minimum Gasteiger partial charge on any atom is -0.279 e. The van der Waals surface area contributed by atoms with Crippen LogP contribution in [0.15, 0.2) is 29.2 Å². The average molecular weight is 320 g/mol. The Bertz CT molecular complexity index is 908. The summed E-state index contributed by atoms with van der Waals surface area (Å²) in [5.41, 5.74) is 1.81. The number of hydrogen-bond donors (Lipinski definition) is 1. The standard InChI is InChI=1S/C16H15ClFN3O/c1-8(2)13-7-21(14-9(3)19-20-15(14)17)16(22)12-6-10(18)4-5-11(12)13/h4-8H,1-3H3,(H,19,20). The van der Waals surface area contributed by atoms with Crippen LogP contribution < -0.4 is 5.56 Å². The molecule has 0 aliphatic heterocycles. The number of aromatic nitrogens is 3. The molecular formula is C16H15ClFN3O. The van der Waals surface area contributed by atoms with Crippen molar-refractivity contribution in [1.29, 1.82) is 0 Å². The zero-order valence-corrected chi connectivity index (χ0v) is 13.2. The fraction of sp³-hybridized carbons (Fsp3) is 0.250. The molecule has 3 aromatic rings. The van der Waals surface area contributed by atoms with Gasteiger partial charge in [-0.2, -0.15) is 5.10 Å². The van der Waals surface area contributed by atoms with Crippen molar-refractivity contribution < 1.29 is 4.39 Å². The van der Waals surface area contributed by atoms with Crippen molar-refractivity contribution in [2.45, 2.75) is 26.7 Å². The molecule has 114 valence electrons. The molecule has 22 heavy (non-hydrogen) atoms. The Kier molecular flexibility index (Phi) is 3.53. The second kappa shape index (κ2) is 5.25. The number of pyridine rings is 1. The molecule has 1 aromatic carbocycles. The smallest absolute Gasteiger partial charge is 0.263 e. The number of benzene rings is 1. The van der Waals surface area contributed by atoms with Gasteiger partial charge >= 0.3 is 0 Å². The third-order valence-electron chi connectivity index (χ3n) is 3.75. The fourth-order valence-electron chi connectivity index (χ4n) is 2.64. The second-order valence-electron chi connectivity index (χ2n) is 5.59. The summed E-state index contributed by atoms with van der Waals surface area (Å²) < 4.78 is 15.0. The molecule has 6 heteroatoms. The van der Waals surface area contributed by atoms with Crippen LogP contribution in [0.1, 0.15) is 31.0 Å². The van der Waals surface area contributed by atoms with Gasteiger partial charge in [0, 0.05) is 6.20 Å². The molecule has 0 atom stereocenters. The minimum atomic E-state index is -0.438. The average Bonchev–Trinajstić information content (AvgIpc) is 2.79. The normalized spacial score (nSPS) is 11.5. The summed E-state index contributed by atoms with van der Waals surface area (Å²) in [6, 6.07) is 4.28. The Morgan fingerprint density at radius 2 is 2.05 bits per heavy atom. The topological polar surface area (TPSA) is 50.7 Å². The van der Waals surface area contributed by atoms with Gasteiger partial charge in [0.25, 0.3) is 5.56 Å². The van der Waals surface area contributed by atoms with Crippen molar-refractivity contribution in [2.75, 3.05) is 0 Å². The van der Waals surface area contributed by atoms with Gasteiger partial charge in [-0.05, 0) is 35.9 Å². The van der Waals surface area contributed by atoms with E-state index in [1.165, 1.54) is 16.7 Å². The van der Waals surface area contributed by atoms with Crippen molar-refractivity contribution >= 4 is 22.4 Å². The number of aryl methyl sites for hydroxylation is 1. The first-order valence-corrected chi connectivity index (χ1v) is 7.33. The number of fused-ring (bicyclic) bond motifs is 1. The summed E-state index contributed by atoms with van der Waals surface area (Å²) in [6.45, 7) is 5.83. The molecule has 0 radical (unpaired) electrons. The lowest BCUT2D eigenvalue weighted by Crippen LogP contribution is -2.20. The van der Waals surface area contributed by atoms with E-state index in [9.17, 15) is 9.18 Å². The highest BCUT2D eigenvalue weighted by Crippen LogP contribution is 2.27. The molecule has 4 nitrogen and oxygen atoms in total. The molecule has 2 heterocycles. The first kappa shape index (κ1) is 14.8. The Balaban J connectivity index is 2.47. The maximum Gasteiger partial charge on any atom is 0.263 e. The van der Waals surface area contributed by atoms with Gasteiger partial charge in [0.2, 0.25) is 0 Å². The van der Waals surface area contributed by atoms with Crippen molar-refractivity contribution in [3.8, 4) is 5.69 Å². The van der Waals surface area contributed by atoms with Crippen LogP contribution in [0.2, 0.25) is 5.15 Å². The van der Waals surface area contributed by atoms with E-state index in [1.54, 1.807) is 19.2 Å². The van der Waals surface area contributed by atoms with Gasteiger partial charge in [0.05, 0.1) is 11.1 Å². The molecular weight excluding hydrogens is 305 g/mol. The summed E-state index contributed by atoms with van der Waals surface area (Å²) >= 11 is 6.09. The number of nitrogens with one attached hydrogen (secondary N) is 1. The van der Waals surface area contributed by atoms with E-state index in [2.05, 4.69) is 10.2 Å². The van der Waals surface area contributed by atoms with E-state index >= 15 is 0 Å². The molecule has 3 rings (SSSR count). The summed E-state index contributed by atoms with van der Waals surface area (Å²) in [5, 5.41) is 7.98. The molecule has 0 bridgehead atoms. The molecule has 2 aromatic heterocycles. The van der Waals surface area contributed by atoms with Gasteiger partial charge in [-0.3, -0.25) is 14.5 Å². The summed E-state index contributed by atoms with van der Waals surface area (Å²) in [4.78, 5) is 12.8. The summed E-state index contributed by atoms with van der Waals surface area (Å²) in [6.07, 6.45) is 1.76. The molecule has 0 fully saturated rings. The van der Waals surface area contributed by atoms with Gasteiger partial charge in [-0.15, -0.1) is 0 Å². The van der Waals surface area contributed by atoms with Gasteiger partial charge in [0.1, 0.15) is 11.5 Å². The van der Waals surface area contributed by atoms with Crippen LogP contribution in [0, 0.1) is 12.7 Å². The first-order chi connectivity index (χ1) is 10.4. The number of aromatic amines is 1. The maximum atomic E-state index is 13.6. The molecule has 0 saturated heterocycles. The number of hydrogen-bond acceptors (Lipinski definition) is 2. The Morgan fingerprint density at radius 1 is 1.32 bits per heavy atom. The Labute approximate surface area is 131 Å². The molecule has 0 spiro atoms. The Hall–Kier alpha value is -2.14. The predicted molar refractivity (Wildman–Crippen MR) is 85.5 cm³/mol. The van der Waals surface area contributed by atoms with E-state index in [-0.39, 0.29) is 16.6 Å². The van der Waals surface area contributed by atoms with E-state index in [0.29, 0.717) is 16.8 Å². The number of rotatable bonds is 2. The molecule has 0 aliphatic rings. The van der Waals surface area contributed by atoms with Crippen LogP contribution in [-0.2, 0) is 0 Å². The quantitative estimate of drug-likeness (QED) is 0.778. The third kappa shape index (κ3) is 2.22. The molecule has 0 unspecified atom stereocenters. The highest BCUT2D eigenvalue weighted by atomic mass is 35.5. The highest BCUT2D eigenvalue weighted by Gasteiger charge is 2.17. The van der Waals surface area contributed by atoms with Gasteiger partial charge in [-0.1, -0.05) is 31.5 Å². The third-order valence-corrected chi connectivity index (χ3v) is 4.01. The lowest BCUT2D eigenvalue weighted by molar-refractivity contribution is 0.629. The van der Waals surface area contributed by atoms with Crippen LogP contribution in [0.4, 0.5) is 4.39 Å².